The van der Waals surface area contributed by atoms with Gasteiger partial charge in [0.1, 0.15) is 12.1 Å². The maximum absolute atomic E-state index is 11.8. The van der Waals surface area contributed by atoms with E-state index in [9.17, 15) is 14.4 Å². The zero-order valence-corrected chi connectivity index (χ0v) is 10.9. The van der Waals surface area contributed by atoms with Crippen LogP contribution in [0, 0.1) is 0 Å². The van der Waals surface area contributed by atoms with Gasteiger partial charge in [-0.1, -0.05) is 0 Å². The predicted molar refractivity (Wildman–Crippen MR) is 69.6 cm³/mol. The summed E-state index contributed by atoms with van der Waals surface area (Å²) >= 11 is 0. The van der Waals surface area contributed by atoms with E-state index >= 15 is 0 Å². The molecule has 0 aromatic carbocycles. The minimum atomic E-state index is -1.30. The van der Waals surface area contributed by atoms with E-state index < -0.39 is 11.4 Å². The van der Waals surface area contributed by atoms with Gasteiger partial charge in [-0.2, -0.15) is 0 Å². The summed E-state index contributed by atoms with van der Waals surface area (Å²) in [6.07, 6.45) is 4.12. The maximum atomic E-state index is 11.8. The van der Waals surface area contributed by atoms with Crippen molar-refractivity contribution in [2.75, 3.05) is 13.2 Å². The Morgan fingerprint density at radius 2 is 2.10 bits per heavy atom. The number of carbonyl (C=O) groups is 2. The fourth-order valence-electron chi connectivity index (χ4n) is 2.07. The van der Waals surface area contributed by atoms with Crippen LogP contribution in [0.4, 0.5) is 0 Å². The topological polar surface area (TPSA) is 97.6 Å². The van der Waals surface area contributed by atoms with Crippen molar-refractivity contribution in [1.29, 1.82) is 0 Å². The van der Waals surface area contributed by atoms with Crippen molar-refractivity contribution in [1.82, 2.24) is 9.88 Å². The molecule has 0 unspecified atom stereocenters. The fraction of sp³-hybridized carbons (Fsp3) is 0.462. The molecule has 7 heteroatoms. The second kappa shape index (κ2) is 6.33. The van der Waals surface area contributed by atoms with Gasteiger partial charge in [-0.25, -0.2) is 4.79 Å². The van der Waals surface area contributed by atoms with Gasteiger partial charge in [0.05, 0.1) is 0 Å². The van der Waals surface area contributed by atoms with E-state index in [2.05, 4.69) is 5.32 Å². The molecule has 2 rings (SSSR count). The molecule has 0 atom stereocenters. The second-order valence-corrected chi connectivity index (χ2v) is 4.65. The lowest BCUT2D eigenvalue weighted by Gasteiger charge is -2.23. The first kappa shape index (κ1) is 14.3. The molecule has 0 aliphatic carbocycles. The van der Waals surface area contributed by atoms with Gasteiger partial charge in [-0.05, 0) is 12.8 Å². The molecule has 108 valence electrons. The summed E-state index contributed by atoms with van der Waals surface area (Å²) in [7, 11) is 0. The van der Waals surface area contributed by atoms with Crippen LogP contribution in [-0.4, -0.2) is 40.8 Å². The quantitative estimate of drug-likeness (QED) is 0.798. The van der Waals surface area contributed by atoms with E-state index in [1.54, 1.807) is 0 Å². The van der Waals surface area contributed by atoms with Crippen LogP contribution in [0.2, 0.25) is 0 Å². The van der Waals surface area contributed by atoms with E-state index in [0.717, 1.165) is 18.9 Å². The van der Waals surface area contributed by atoms with Gasteiger partial charge in [-0.15, -0.1) is 0 Å². The molecule has 1 aliphatic rings. The number of hydrogen-bond acceptors (Lipinski definition) is 4. The van der Waals surface area contributed by atoms with Crippen molar-refractivity contribution in [2.45, 2.75) is 25.4 Å². The third kappa shape index (κ3) is 3.67. The number of nitrogens with zero attached hydrogens (tertiary/aromatic N) is 1. The number of rotatable bonds is 4. The minimum absolute atomic E-state index is 0.0160. The van der Waals surface area contributed by atoms with Gasteiger partial charge >= 0.3 is 5.97 Å². The van der Waals surface area contributed by atoms with Crippen LogP contribution in [0.15, 0.2) is 23.3 Å². The molecule has 0 radical (unpaired) electrons. The smallest absolute Gasteiger partial charge is 0.341 e. The lowest BCUT2D eigenvalue weighted by Crippen LogP contribution is -2.40. The number of hydrogen-bond donors (Lipinski definition) is 2. The molecule has 2 N–H and O–H groups in total. The largest absolute Gasteiger partial charge is 0.477 e. The van der Waals surface area contributed by atoms with Crippen molar-refractivity contribution in [3.05, 3.63) is 34.2 Å². The summed E-state index contributed by atoms with van der Waals surface area (Å²) in [5.74, 6) is -1.51. The summed E-state index contributed by atoms with van der Waals surface area (Å²) in [6, 6.07) is 1.24. The van der Waals surface area contributed by atoms with E-state index in [1.165, 1.54) is 17.0 Å². The lowest BCUT2D eigenvalue weighted by molar-refractivity contribution is -0.123. The Balaban J connectivity index is 1.98. The van der Waals surface area contributed by atoms with E-state index in [-0.39, 0.29) is 24.1 Å². The molecule has 20 heavy (non-hydrogen) atoms. The summed E-state index contributed by atoms with van der Waals surface area (Å²) in [5.41, 5.74) is -0.912. The van der Waals surface area contributed by atoms with Gasteiger partial charge in [0.15, 0.2) is 5.43 Å². The Morgan fingerprint density at radius 3 is 2.75 bits per heavy atom. The molecule has 0 saturated carbocycles. The van der Waals surface area contributed by atoms with Crippen molar-refractivity contribution >= 4 is 11.9 Å². The van der Waals surface area contributed by atoms with Gasteiger partial charge in [0.25, 0.3) is 0 Å². The van der Waals surface area contributed by atoms with Gasteiger partial charge in [0, 0.05) is 37.7 Å². The van der Waals surface area contributed by atoms with Crippen molar-refractivity contribution in [2.24, 2.45) is 0 Å². The molecule has 1 aliphatic heterocycles. The third-order valence-electron chi connectivity index (χ3n) is 3.12. The number of carbonyl (C=O) groups excluding carboxylic acids is 1. The number of ether oxygens (including phenoxy) is 1. The molecule has 2 heterocycles. The summed E-state index contributed by atoms with van der Waals surface area (Å²) < 4.78 is 6.59. The van der Waals surface area contributed by atoms with Crippen LogP contribution >= 0.6 is 0 Å². The van der Waals surface area contributed by atoms with E-state index in [0.29, 0.717) is 13.2 Å². The highest BCUT2D eigenvalue weighted by Crippen LogP contribution is 2.06. The number of nitrogens with one attached hydrogen (secondary N) is 1. The highest BCUT2D eigenvalue weighted by molar-refractivity contribution is 5.87. The third-order valence-corrected chi connectivity index (χ3v) is 3.12. The highest BCUT2D eigenvalue weighted by atomic mass is 16.5. The molecule has 1 amide bonds. The number of amides is 1. The fourth-order valence-corrected chi connectivity index (χ4v) is 2.07. The second-order valence-electron chi connectivity index (χ2n) is 4.65. The standard InChI is InChI=1S/C13H16N2O5/c16-11-1-4-15(7-10(11)13(18)19)8-12(17)14-9-2-5-20-6-3-9/h1,4,7,9H,2-3,5-6,8H2,(H,14,17)(H,18,19). The van der Waals surface area contributed by atoms with E-state index in [4.69, 9.17) is 9.84 Å². The summed E-state index contributed by atoms with van der Waals surface area (Å²) in [6.45, 7) is 1.25. The average molecular weight is 280 g/mol. The van der Waals surface area contributed by atoms with Crippen LogP contribution in [-0.2, 0) is 16.1 Å². The first-order chi connectivity index (χ1) is 9.56. The first-order valence-corrected chi connectivity index (χ1v) is 6.37. The van der Waals surface area contributed by atoms with Crippen molar-refractivity contribution < 1.29 is 19.4 Å². The predicted octanol–water partition coefficient (Wildman–Crippen LogP) is -0.158. The SMILES string of the molecule is O=C(Cn1ccc(=O)c(C(=O)O)c1)NC1CCOCC1. The van der Waals surface area contributed by atoms with Crippen LogP contribution in [0.5, 0.6) is 0 Å². The lowest BCUT2D eigenvalue weighted by atomic mass is 10.1. The summed E-state index contributed by atoms with van der Waals surface area (Å²) in [4.78, 5) is 34.0. The molecule has 1 aromatic heterocycles. The monoisotopic (exact) mass is 280 g/mol. The van der Waals surface area contributed by atoms with Crippen molar-refractivity contribution in [3.63, 3.8) is 0 Å². The Morgan fingerprint density at radius 1 is 1.40 bits per heavy atom. The van der Waals surface area contributed by atoms with Gasteiger partial charge in [-0.3, -0.25) is 9.59 Å². The van der Waals surface area contributed by atoms with Crippen LogP contribution in [0.3, 0.4) is 0 Å². The molecule has 0 bridgehead atoms. The van der Waals surface area contributed by atoms with Gasteiger partial charge < -0.3 is 19.7 Å². The molecular formula is C13H16N2O5. The number of aromatic nitrogens is 1. The first-order valence-electron chi connectivity index (χ1n) is 6.37. The number of carboxylic acid groups (broad SMARTS) is 1. The highest BCUT2D eigenvalue weighted by Gasteiger charge is 2.16. The Hall–Kier alpha value is -2.15. The number of aromatic carboxylic acids is 1. The Labute approximate surface area is 115 Å². The van der Waals surface area contributed by atoms with Crippen LogP contribution in [0.25, 0.3) is 0 Å². The van der Waals surface area contributed by atoms with Gasteiger partial charge in [0.2, 0.25) is 5.91 Å². The molecule has 1 aromatic rings. The molecule has 7 nitrogen and oxygen atoms in total. The summed E-state index contributed by atoms with van der Waals surface area (Å²) in [5, 5.41) is 11.7. The Kier molecular flexibility index (Phi) is 4.52. The van der Waals surface area contributed by atoms with Crippen LogP contribution in [0.1, 0.15) is 23.2 Å². The number of pyridine rings is 1. The van der Waals surface area contributed by atoms with Crippen molar-refractivity contribution in [3.8, 4) is 0 Å². The average Bonchev–Trinajstić information content (AvgIpc) is 2.41. The maximum Gasteiger partial charge on any atom is 0.341 e. The normalized spacial score (nSPS) is 15.8. The molecule has 1 saturated heterocycles. The molecule has 0 spiro atoms. The zero-order valence-electron chi connectivity index (χ0n) is 10.9. The number of carboxylic acids is 1. The van der Waals surface area contributed by atoms with E-state index in [1.807, 2.05) is 0 Å². The molecular weight excluding hydrogens is 264 g/mol. The zero-order chi connectivity index (χ0) is 14.5. The molecule has 1 fully saturated rings. The minimum Gasteiger partial charge on any atom is -0.477 e. The van der Waals surface area contributed by atoms with Crippen LogP contribution < -0.4 is 10.7 Å². The Bertz CT molecular complexity index is 560.